The van der Waals surface area contributed by atoms with Crippen molar-refractivity contribution in [3.63, 3.8) is 0 Å². The summed E-state index contributed by atoms with van der Waals surface area (Å²) < 4.78 is 47.0. The van der Waals surface area contributed by atoms with Gasteiger partial charge in [-0.15, -0.1) is 0 Å². The maximum Gasteiger partial charge on any atom is 0.351 e. The molecule has 1 aromatic heterocycles. The van der Waals surface area contributed by atoms with Gasteiger partial charge in [0.25, 0.3) is 5.92 Å². The van der Waals surface area contributed by atoms with Crippen molar-refractivity contribution in [2.45, 2.75) is 24.7 Å². The van der Waals surface area contributed by atoms with Crippen LogP contribution in [-0.4, -0.2) is 41.0 Å². The van der Waals surface area contributed by atoms with Gasteiger partial charge in [0.15, 0.2) is 0 Å². The molecule has 3 atom stereocenters. The van der Waals surface area contributed by atoms with Crippen molar-refractivity contribution in [1.29, 1.82) is 0 Å². The molecule has 0 spiro atoms. The van der Waals surface area contributed by atoms with Crippen LogP contribution < -0.4 is 21.0 Å². The zero-order chi connectivity index (χ0) is 24.3. The largest absolute Gasteiger partial charge is 0.435 e. The lowest BCUT2D eigenvalue weighted by atomic mass is 10.1. The third-order valence-corrected chi connectivity index (χ3v) is 6.46. The van der Waals surface area contributed by atoms with Crippen LogP contribution in [0.2, 0.25) is 5.02 Å². The van der Waals surface area contributed by atoms with Gasteiger partial charge in [-0.25, -0.2) is 18.7 Å². The van der Waals surface area contributed by atoms with Crippen LogP contribution in [0.3, 0.4) is 0 Å². The standard InChI is InChI=1S/C21H20ClF2N4O5P/c22-16-11-28(20(30)27-18(16)25)19-21(23,24)10-14(32-19)12-31-34(26-8-9-29)33-17-7-3-5-13-4-1-2-6-15(13)17/h1-7,9,11,14,19,26H,8,10,12H2,(H2,25,27,30). The first-order valence-electron chi connectivity index (χ1n) is 10.1. The van der Waals surface area contributed by atoms with Gasteiger partial charge in [0.1, 0.15) is 17.9 Å². The van der Waals surface area contributed by atoms with Crippen LogP contribution in [0, 0.1) is 0 Å². The molecule has 0 aliphatic carbocycles. The molecule has 3 unspecified atom stereocenters. The molecule has 34 heavy (non-hydrogen) atoms. The number of hydrogen-bond acceptors (Lipinski definition) is 8. The number of anilines is 1. The first-order chi connectivity index (χ1) is 16.3. The zero-order valence-corrected chi connectivity index (χ0v) is 19.2. The van der Waals surface area contributed by atoms with E-state index in [1.807, 2.05) is 30.3 Å². The van der Waals surface area contributed by atoms with Crippen molar-refractivity contribution < 1.29 is 27.4 Å². The van der Waals surface area contributed by atoms with Crippen molar-refractivity contribution in [2.24, 2.45) is 0 Å². The van der Waals surface area contributed by atoms with Crippen molar-refractivity contribution >= 4 is 43.0 Å². The lowest BCUT2D eigenvalue weighted by molar-refractivity contribution is -0.119. The molecule has 13 heteroatoms. The number of benzene rings is 2. The molecule has 1 fully saturated rings. The highest BCUT2D eigenvalue weighted by molar-refractivity contribution is 7.45. The average molecular weight is 513 g/mol. The van der Waals surface area contributed by atoms with Gasteiger partial charge in [0.05, 0.1) is 24.3 Å². The predicted molar refractivity (Wildman–Crippen MR) is 123 cm³/mol. The molecule has 3 N–H and O–H groups in total. The normalized spacial score (nSPS) is 20.3. The zero-order valence-electron chi connectivity index (χ0n) is 17.6. The number of aromatic nitrogens is 2. The van der Waals surface area contributed by atoms with Crippen LogP contribution in [0.4, 0.5) is 14.6 Å². The molecule has 2 aromatic carbocycles. The fraction of sp³-hybridized carbons (Fsp3) is 0.286. The van der Waals surface area contributed by atoms with Gasteiger partial charge in [0.2, 0.25) is 6.23 Å². The van der Waals surface area contributed by atoms with Crippen LogP contribution in [-0.2, 0) is 14.1 Å². The monoisotopic (exact) mass is 512 g/mol. The van der Waals surface area contributed by atoms with Gasteiger partial charge in [-0.3, -0.25) is 4.57 Å². The Morgan fingerprint density at radius 1 is 1.32 bits per heavy atom. The minimum absolute atomic E-state index is 0.0637. The molecule has 1 saturated heterocycles. The van der Waals surface area contributed by atoms with E-state index in [1.165, 1.54) is 0 Å². The highest BCUT2D eigenvalue weighted by Crippen LogP contribution is 2.44. The van der Waals surface area contributed by atoms with E-state index in [0.29, 0.717) is 16.6 Å². The second kappa shape index (κ2) is 10.3. The van der Waals surface area contributed by atoms with E-state index >= 15 is 0 Å². The van der Waals surface area contributed by atoms with E-state index in [4.69, 9.17) is 31.1 Å². The summed E-state index contributed by atoms with van der Waals surface area (Å²) in [7, 11) is -1.87. The van der Waals surface area contributed by atoms with Gasteiger partial charge in [-0.1, -0.05) is 48.0 Å². The second-order valence-corrected chi connectivity index (χ2v) is 9.07. The number of carbonyl (C=O) groups is 1. The fourth-order valence-corrected chi connectivity index (χ4v) is 4.68. The molecule has 1 aliphatic heterocycles. The molecule has 0 amide bonds. The SMILES string of the molecule is Nc1nc(=O)n(C2OC(COP(NCC=O)Oc3cccc4ccccc34)CC2(F)F)cc1Cl. The molecular formula is C21H20ClF2N4O5P. The summed E-state index contributed by atoms with van der Waals surface area (Å²) in [6.07, 6.45) is -2.10. The molecule has 1 aliphatic rings. The molecule has 180 valence electrons. The van der Waals surface area contributed by atoms with Crippen molar-refractivity contribution in [1.82, 2.24) is 14.6 Å². The molecular weight excluding hydrogens is 493 g/mol. The Labute approximate surface area is 198 Å². The van der Waals surface area contributed by atoms with Crippen LogP contribution in [0.15, 0.2) is 53.5 Å². The molecule has 3 aromatic rings. The maximum absolute atomic E-state index is 14.7. The Bertz CT molecular complexity index is 1240. The predicted octanol–water partition coefficient (Wildman–Crippen LogP) is 3.67. The molecule has 4 rings (SSSR count). The van der Waals surface area contributed by atoms with Crippen LogP contribution in [0.25, 0.3) is 10.8 Å². The fourth-order valence-electron chi connectivity index (χ4n) is 3.46. The summed E-state index contributed by atoms with van der Waals surface area (Å²) in [5, 5.41) is 4.42. The van der Waals surface area contributed by atoms with Crippen molar-refractivity contribution in [2.75, 3.05) is 18.9 Å². The summed E-state index contributed by atoms with van der Waals surface area (Å²) in [5.41, 5.74) is 4.44. The Balaban J connectivity index is 1.47. The minimum atomic E-state index is -3.39. The highest BCUT2D eigenvalue weighted by Gasteiger charge is 2.52. The maximum atomic E-state index is 14.7. The van der Waals surface area contributed by atoms with Gasteiger partial charge < -0.3 is 24.3 Å². The number of nitrogens with one attached hydrogen (secondary N) is 1. The van der Waals surface area contributed by atoms with E-state index in [-0.39, 0.29) is 24.0 Å². The summed E-state index contributed by atoms with van der Waals surface area (Å²) >= 11 is 5.84. The van der Waals surface area contributed by atoms with Gasteiger partial charge in [0, 0.05) is 18.0 Å². The van der Waals surface area contributed by atoms with Gasteiger partial charge >= 0.3 is 14.2 Å². The van der Waals surface area contributed by atoms with Crippen molar-refractivity contribution in [3.05, 3.63) is 64.2 Å². The molecule has 0 radical (unpaired) electrons. The number of ether oxygens (including phenoxy) is 1. The molecule has 2 heterocycles. The smallest absolute Gasteiger partial charge is 0.351 e. The summed E-state index contributed by atoms with van der Waals surface area (Å²) in [4.78, 5) is 26.4. The third-order valence-electron chi connectivity index (χ3n) is 4.98. The number of rotatable bonds is 9. The number of halogens is 3. The van der Waals surface area contributed by atoms with E-state index in [0.717, 1.165) is 17.0 Å². The molecule has 0 bridgehead atoms. The molecule has 0 saturated carbocycles. The summed E-state index contributed by atoms with van der Waals surface area (Å²) in [6.45, 7) is -0.342. The first kappa shape index (κ1) is 24.4. The summed E-state index contributed by atoms with van der Waals surface area (Å²) in [6, 6.07) is 13.0. The number of carbonyl (C=O) groups excluding carboxylic acids is 1. The highest BCUT2D eigenvalue weighted by atomic mass is 35.5. The minimum Gasteiger partial charge on any atom is -0.435 e. The Morgan fingerprint density at radius 2 is 2.09 bits per heavy atom. The lowest BCUT2D eigenvalue weighted by Crippen LogP contribution is -2.35. The quantitative estimate of drug-likeness (QED) is 0.329. The lowest BCUT2D eigenvalue weighted by Gasteiger charge is -2.21. The van der Waals surface area contributed by atoms with Crippen LogP contribution in [0.5, 0.6) is 5.75 Å². The van der Waals surface area contributed by atoms with Crippen LogP contribution >= 0.6 is 20.1 Å². The van der Waals surface area contributed by atoms with E-state index in [2.05, 4.69) is 10.1 Å². The van der Waals surface area contributed by atoms with Gasteiger partial charge in [-0.05, 0) is 11.5 Å². The second-order valence-electron chi connectivity index (χ2n) is 7.39. The number of hydrogen-bond donors (Lipinski definition) is 2. The topological polar surface area (TPSA) is 118 Å². The number of alkyl halides is 2. The van der Waals surface area contributed by atoms with E-state index < -0.39 is 38.9 Å². The Morgan fingerprint density at radius 3 is 2.88 bits per heavy atom. The number of nitrogens with zero attached hydrogens (tertiary/aromatic N) is 2. The first-order valence-corrected chi connectivity index (χ1v) is 11.7. The van der Waals surface area contributed by atoms with Gasteiger partial charge in [-0.2, -0.15) is 4.98 Å². The Kier molecular flexibility index (Phi) is 7.39. The average Bonchev–Trinajstić information content (AvgIpc) is 3.12. The number of aldehydes is 1. The van der Waals surface area contributed by atoms with Crippen molar-refractivity contribution in [3.8, 4) is 5.75 Å². The third kappa shape index (κ3) is 5.34. The van der Waals surface area contributed by atoms with E-state index in [9.17, 15) is 18.4 Å². The number of nitrogens with two attached hydrogens (primary N) is 1. The number of nitrogen functional groups attached to an aromatic ring is 1. The Hall–Kier alpha value is -2.69. The number of fused-ring (bicyclic) bond motifs is 1. The molecule has 9 nitrogen and oxygen atoms in total. The van der Waals surface area contributed by atoms with E-state index in [1.54, 1.807) is 12.1 Å². The summed E-state index contributed by atoms with van der Waals surface area (Å²) in [5.74, 6) is -3.15. The van der Waals surface area contributed by atoms with Crippen LogP contribution in [0.1, 0.15) is 12.6 Å².